The van der Waals surface area contributed by atoms with Crippen LogP contribution in [0.4, 0.5) is 21.0 Å². The highest BCUT2D eigenvalue weighted by Crippen LogP contribution is 2.28. The summed E-state index contributed by atoms with van der Waals surface area (Å²) in [5.41, 5.74) is 3.84. The van der Waals surface area contributed by atoms with Crippen LogP contribution < -0.4 is 15.1 Å². The Kier molecular flexibility index (Phi) is 7.23. The van der Waals surface area contributed by atoms with Crippen LogP contribution in [-0.4, -0.2) is 47.6 Å². The number of carbonyl (C=O) groups is 6. The second kappa shape index (κ2) is 10.8. The summed E-state index contributed by atoms with van der Waals surface area (Å²) in [4.78, 5) is 80.4. The highest BCUT2D eigenvalue weighted by Gasteiger charge is 2.45. The van der Waals surface area contributed by atoms with Gasteiger partial charge in [-0.2, -0.15) is 0 Å². The molecule has 2 aliphatic rings. The summed E-state index contributed by atoms with van der Waals surface area (Å²) in [7, 11) is 1.35. The van der Waals surface area contributed by atoms with Gasteiger partial charge in [-0.05, 0) is 73.2 Å². The molecule has 0 bridgehead atoms. The van der Waals surface area contributed by atoms with E-state index in [0.717, 1.165) is 25.8 Å². The molecule has 2 fully saturated rings. The van der Waals surface area contributed by atoms with Gasteiger partial charge in [0.05, 0.1) is 11.4 Å². The van der Waals surface area contributed by atoms with Crippen LogP contribution in [0.3, 0.4) is 0 Å². The fraction of sp³-hybridized carbons (Fsp3) is 0.226. The first-order valence-corrected chi connectivity index (χ1v) is 13.1. The number of aryl methyl sites for hydroxylation is 2. The molecule has 208 valence electrons. The quantitative estimate of drug-likeness (QED) is 0.467. The molecule has 0 aromatic heterocycles. The summed E-state index contributed by atoms with van der Waals surface area (Å²) < 4.78 is 0. The predicted molar refractivity (Wildman–Crippen MR) is 150 cm³/mol. The third-order valence-corrected chi connectivity index (χ3v) is 7.32. The van der Waals surface area contributed by atoms with Gasteiger partial charge in [-0.15, -0.1) is 0 Å². The second-order valence-electron chi connectivity index (χ2n) is 10.3. The minimum atomic E-state index is -1.11. The first-order chi connectivity index (χ1) is 19.5. The van der Waals surface area contributed by atoms with E-state index in [0.29, 0.717) is 22.5 Å². The van der Waals surface area contributed by atoms with Crippen LogP contribution >= 0.6 is 0 Å². The van der Waals surface area contributed by atoms with Crippen molar-refractivity contribution in [2.75, 3.05) is 16.8 Å². The van der Waals surface area contributed by atoms with E-state index in [-0.39, 0.29) is 12.8 Å². The Morgan fingerprint density at radius 2 is 1.12 bits per heavy atom. The van der Waals surface area contributed by atoms with Crippen LogP contribution in [0.25, 0.3) is 0 Å². The van der Waals surface area contributed by atoms with Gasteiger partial charge >= 0.3 is 12.1 Å². The van der Waals surface area contributed by atoms with Gasteiger partial charge in [-0.25, -0.2) is 19.4 Å². The van der Waals surface area contributed by atoms with Crippen molar-refractivity contribution in [3.8, 4) is 0 Å². The third-order valence-electron chi connectivity index (χ3n) is 7.32. The molecular formula is C31H28N4O6. The Hall–Kier alpha value is -5.12. The molecule has 2 heterocycles. The first kappa shape index (κ1) is 27.4. The number of hydrogen-bond donors (Lipinski definition) is 1. The number of carbonyl (C=O) groups excluding carboxylic acids is 6. The minimum Gasteiger partial charge on any atom is -0.277 e. The number of imide groups is 4. The van der Waals surface area contributed by atoms with Gasteiger partial charge in [0.1, 0.15) is 11.8 Å². The summed E-state index contributed by atoms with van der Waals surface area (Å²) in [6, 6.07) is 19.2. The van der Waals surface area contributed by atoms with Crippen molar-refractivity contribution in [1.29, 1.82) is 0 Å². The van der Waals surface area contributed by atoms with Crippen molar-refractivity contribution in [1.82, 2.24) is 10.2 Å². The standard InChI is InChI=1S/C31H28N4O6/c1-18-6-4-8-22(14-18)34-28(38)24(26(36)32-30(34)40)16-20-10-12-21(13-11-20)17-25-27(37)33(3)31(41)35(29(25)39)23-9-5-7-19(2)15-23/h4-15,24-25H,16-17H2,1-3H3,(H,32,36,40). The van der Waals surface area contributed by atoms with Crippen molar-refractivity contribution >= 4 is 47.1 Å². The van der Waals surface area contributed by atoms with Gasteiger partial charge in [0, 0.05) is 7.05 Å². The molecule has 0 aliphatic carbocycles. The van der Waals surface area contributed by atoms with E-state index in [1.807, 2.05) is 26.0 Å². The maximum atomic E-state index is 13.3. The first-order valence-electron chi connectivity index (χ1n) is 13.1. The van der Waals surface area contributed by atoms with Gasteiger partial charge < -0.3 is 0 Å². The lowest BCUT2D eigenvalue weighted by atomic mass is 9.91. The van der Waals surface area contributed by atoms with Crippen molar-refractivity contribution in [2.24, 2.45) is 11.8 Å². The minimum absolute atomic E-state index is 0.0558. The molecule has 0 saturated carbocycles. The van der Waals surface area contributed by atoms with E-state index in [4.69, 9.17) is 0 Å². The lowest BCUT2D eigenvalue weighted by molar-refractivity contribution is -0.140. The number of amides is 8. The second-order valence-corrected chi connectivity index (χ2v) is 10.3. The zero-order valence-electron chi connectivity index (χ0n) is 22.8. The molecule has 1 N–H and O–H groups in total. The number of barbiturate groups is 2. The van der Waals surface area contributed by atoms with Gasteiger partial charge in [0.25, 0.3) is 0 Å². The zero-order valence-corrected chi connectivity index (χ0v) is 22.8. The molecule has 3 aromatic carbocycles. The van der Waals surface area contributed by atoms with E-state index in [1.165, 1.54) is 7.05 Å². The van der Waals surface area contributed by atoms with Crippen LogP contribution in [0.15, 0.2) is 72.8 Å². The maximum Gasteiger partial charge on any atom is 0.337 e. The molecule has 0 radical (unpaired) electrons. The van der Waals surface area contributed by atoms with Crippen LogP contribution in [-0.2, 0) is 32.0 Å². The summed E-state index contributed by atoms with van der Waals surface area (Å²) in [6.07, 6.45) is 0.122. The lowest BCUT2D eigenvalue weighted by Gasteiger charge is -2.35. The molecule has 2 saturated heterocycles. The molecule has 5 rings (SSSR count). The van der Waals surface area contributed by atoms with Gasteiger partial charge in [0.2, 0.25) is 23.6 Å². The van der Waals surface area contributed by atoms with Crippen LogP contribution in [0.5, 0.6) is 0 Å². The highest BCUT2D eigenvalue weighted by molar-refractivity contribution is 6.28. The zero-order chi connectivity index (χ0) is 29.4. The maximum absolute atomic E-state index is 13.3. The number of urea groups is 2. The molecule has 10 heteroatoms. The van der Waals surface area contributed by atoms with Crippen LogP contribution in [0, 0.1) is 25.7 Å². The Morgan fingerprint density at radius 3 is 1.66 bits per heavy atom. The lowest BCUT2D eigenvalue weighted by Crippen LogP contribution is -2.59. The topological polar surface area (TPSA) is 124 Å². The fourth-order valence-electron chi connectivity index (χ4n) is 5.10. The third kappa shape index (κ3) is 5.23. The SMILES string of the molecule is Cc1cccc(N2C(=O)NC(=O)C(Cc3ccc(CC4C(=O)N(C)C(=O)N(c5cccc(C)c5)C4=O)cc3)C2=O)c1. The molecule has 8 amide bonds. The monoisotopic (exact) mass is 552 g/mol. The van der Waals surface area contributed by atoms with Crippen LogP contribution in [0.2, 0.25) is 0 Å². The normalized spacial score (nSPS) is 19.6. The summed E-state index contributed by atoms with van der Waals surface area (Å²) in [6.45, 7) is 3.68. The Labute approximate surface area is 236 Å². The number of anilines is 2. The molecule has 41 heavy (non-hydrogen) atoms. The number of nitrogens with one attached hydrogen (secondary N) is 1. The number of hydrogen-bond acceptors (Lipinski definition) is 6. The number of rotatable bonds is 6. The molecule has 2 atom stereocenters. The molecule has 2 unspecified atom stereocenters. The Bertz CT molecular complexity index is 1600. The van der Waals surface area contributed by atoms with Gasteiger partial charge in [-0.3, -0.25) is 29.4 Å². The fourth-order valence-corrected chi connectivity index (χ4v) is 5.10. The van der Waals surface area contributed by atoms with Crippen molar-refractivity contribution < 1.29 is 28.8 Å². The van der Waals surface area contributed by atoms with E-state index in [2.05, 4.69) is 5.32 Å². The molecule has 2 aliphatic heterocycles. The Morgan fingerprint density at radius 1 is 0.634 bits per heavy atom. The molecule has 3 aromatic rings. The van der Waals surface area contributed by atoms with Crippen molar-refractivity contribution in [3.63, 3.8) is 0 Å². The number of nitrogens with zero attached hydrogens (tertiary/aromatic N) is 3. The predicted octanol–water partition coefficient (Wildman–Crippen LogP) is 3.53. The largest absolute Gasteiger partial charge is 0.337 e. The van der Waals surface area contributed by atoms with E-state index < -0.39 is 47.5 Å². The van der Waals surface area contributed by atoms with E-state index in [1.54, 1.807) is 60.7 Å². The van der Waals surface area contributed by atoms with Gasteiger partial charge in [-0.1, -0.05) is 48.5 Å². The average molecular weight is 553 g/mol. The van der Waals surface area contributed by atoms with Gasteiger partial charge in [0.15, 0.2) is 0 Å². The molecular weight excluding hydrogens is 524 g/mol. The summed E-state index contributed by atoms with van der Waals surface area (Å²) in [5.74, 6) is -4.67. The molecule has 10 nitrogen and oxygen atoms in total. The Balaban J connectivity index is 1.32. The van der Waals surface area contributed by atoms with Crippen molar-refractivity contribution in [3.05, 3.63) is 95.1 Å². The summed E-state index contributed by atoms with van der Waals surface area (Å²) in [5, 5.41) is 2.27. The molecule has 0 spiro atoms. The van der Waals surface area contributed by atoms with E-state index >= 15 is 0 Å². The average Bonchev–Trinajstić information content (AvgIpc) is 2.93. The van der Waals surface area contributed by atoms with E-state index in [9.17, 15) is 28.8 Å². The summed E-state index contributed by atoms with van der Waals surface area (Å²) >= 11 is 0. The highest BCUT2D eigenvalue weighted by atomic mass is 16.2. The smallest absolute Gasteiger partial charge is 0.277 e. The van der Waals surface area contributed by atoms with Crippen LogP contribution in [0.1, 0.15) is 22.3 Å². The van der Waals surface area contributed by atoms with Crippen molar-refractivity contribution in [2.45, 2.75) is 26.7 Å². The number of benzene rings is 3.